The SMILES string of the molecule is OC1CCc2c(Cl)nc(Cc3cccs3)n2C1. The highest BCUT2D eigenvalue weighted by Gasteiger charge is 2.23. The monoisotopic (exact) mass is 268 g/mol. The van der Waals surface area contributed by atoms with Gasteiger partial charge in [0.25, 0.3) is 0 Å². The number of aliphatic hydroxyl groups excluding tert-OH is 1. The first-order valence-electron chi connectivity index (χ1n) is 5.68. The molecule has 0 aromatic carbocycles. The van der Waals surface area contributed by atoms with E-state index < -0.39 is 0 Å². The zero-order chi connectivity index (χ0) is 11.8. The number of fused-ring (bicyclic) bond motifs is 1. The second-order valence-corrected chi connectivity index (χ2v) is 5.72. The van der Waals surface area contributed by atoms with E-state index in [0.29, 0.717) is 11.7 Å². The molecule has 90 valence electrons. The average Bonchev–Trinajstić information content (AvgIpc) is 2.89. The number of rotatable bonds is 2. The number of thiophene rings is 1. The third-order valence-corrected chi connectivity index (χ3v) is 4.30. The van der Waals surface area contributed by atoms with Gasteiger partial charge in [-0.2, -0.15) is 0 Å². The van der Waals surface area contributed by atoms with Crippen molar-refractivity contribution in [3.63, 3.8) is 0 Å². The van der Waals surface area contributed by atoms with E-state index in [-0.39, 0.29) is 6.10 Å². The van der Waals surface area contributed by atoms with Gasteiger partial charge in [-0.25, -0.2) is 4.98 Å². The van der Waals surface area contributed by atoms with Crippen molar-refractivity contribution in [1.29, 1.82) is 0 Å². The van der Waals surface area contributed by atoms with Crippen molar-refractivity contribution in [2.24, 2.45) is 0 Å². The van der Waals surface area contributed by atoms with Gasteiger partial charge in [-0.15, -0.1) is 11.3 Å². The fourth-order valence-electron chi connectivity index (χ4n) is 2.27. The van der Waals surface area contributed by atoms with Crippen LogP contribution in [0.5, 0.6) is 0 Å². The molecular weight excluding hydrogens is 256 g/mol. The second-order valence-electron chi connectivity index (χ2n) is 4.32. The maximum absolute atomic E-state index is 9.73. The Hall–Kier alpha value is -0.840. The molecule has 17 heavy (non-hydrogen) atoms. The molecule has 0 spiro atoms. The van der Waals surface area contributed by atoms with Gasteiger partial charge in [0.05, 0.1) is 18.3 Å². The summed E-state index contributed by atoms with van der Waals surface area (Å²) >= 11 is 7.86. The summed E-state index contributed by atoms with van der Waals surface area (Å²) in [6, 6.07) is 4.13. The predicted molar refractivity (Wildman–Crippen MR) is 68.7 cm³/mol. The molecule has 0 bridgehead atoms. The number of hydrogen-bond donors (Lipinski definition) is 1. The smallest absolute Gasteiger partial charge is 0.150 e. The van der Waals surface area contributed by atoms with E-state index in [1.807, 2.05) is 6.07 Å². The van der Waals surface area contributed by atoms with E-state index in [1.54, 1.807) is 11.3 Å². The van der Waals surface area contributed by atoms with E-state index in [4.69, 9.17) is 11.6 Å². The molecule has 3 heterocycles. The first-order chi connectivity index (χ1) is 8.24. The molecule has 0 amide bonds. The maximum Gasteiger partial charge on any atom is 0.150 e. The molecule has 1 aliphatic heterocycles. The van der Waals surface area contributed by atoms with Gasteiger partial charge in [-0.1, -0.05) is 17.7 Å². The Labute approximate surface area is 109 Å². The highest BCUT2D eigenvalue weighted by Crippen LogP contribution is 2.26. The summed E-state index contributed by atoms with van der Waals surface area (Å²) in [4.78, 5) is 5.70. The lowest BCUT2D eigenvalue weighted by atomic mass is 10.1. The van der Waals surface area contributed by atoms with Crippen molar-refractivity contribution in [3.05, 3.63) is 39.1 Å². The fourth-order valence-corrected chi connectivity index (χ4v) is 3.26. The van der Waals surface area contributed by atoms with Crippen LogP contribution in [-0.2, 0) is 19.4 Å². The molecule has 0 saturated heterocycles. The standard InChI is InChI=1S/C12H13ClN2OS/c13-12-10-4-3-8(16)7-15(10)11(14-12)6-9-2-1-5-17-9/h1-2,5,8,16H,3-4,6-7H2. The Morgan fingerprint density at radius 1 is 1.59 bits per heavy atom. The Kier molecular flexibility index (Phi) is 2.94. The third-order valence-electron chi connectivity index (χ3n) is 3.12. The van der Waals surface area contributed by atoms with Gasteiger partial charge in [0, 0.05) is 11.3 Å². The molecule has 3 nitrogen and oxygen atoms in total. The van der Waals surface area contributed by atoms with E-state index in [2.05, 4.69) is 21.0 Å². The number of imidazole rings is 1. The van der Waals surface area contributed by atoms with E-state index >= 15 is 0 Å². The summed E-state index contributed by atoms with van der Waals surface area (Å²) in [5.74, 6) is 0.964. The summed E-state index contributed by atoms with van der Waals surface area (Å²) in [6.45, 7) is 0.621. The highest BCUT2D eigenvalue weighted by atomic mass is 35.5. The van der Waals surface area contributed by atoms with Crippen LogP contribution in [0.15, 0.2) is 17.5 Å². The molecule has 1 unspecified atom stereocenters. The quantitative estimate of drug-likeness (QED) is 0.909. The molecule has 0 saturated carbocycles. The van der Waals surface area contributed by atoms with Crippen LogP contribution in [-0.4, -0.2) is 20.8 Å². The van der Waals surface area contributed by atoms with Crippen LogP contribution in [0.25, 0.3) is 0 Å². The van der Waals surface area contributed by atoms with Crippen LogP contribution in [0, 0.1) is 0 Å². The number of aromatic nitrogens is 2. The lowest BCUT2D eigenvalue weighted by molar-refractivity contribution is 0.130. The number of nitrogens with zero attached hydrogens (tertiary/aromatic N) is 2. The average molecular weight is 269 g/mol. The van der Waals surface area contributed by atoms with Crippen molar-refractivity contribution in [2.75, 3.05) is 0 Å². The van der Waals surface area contributed by atoms with E-state index in [9.17, 15) is 5.11 Å². The van der Waals surface area contributed by atoms with E-state index in [0.717, 1.165) is 30.8 Å². The Bertz CT molecular complexity index is 521. The van der Waals surface area contributed by atoms with Crippen LogP contribution < -0.4 is 0 Å². The number of aliphatic hydroxyl groups is 1. The summed E-state index contributed by atoms with van der Waals surface area (Å²) in [7, 11) is 0. The normalized spacial score (nSPS) is 19.3. The minimum absolute atomic E-state index is 0.269. The van der Waals surface area contributed by atoms with Crippen molar-refractivity contribution in [2.45, 2.75) is 31.9 Å². The number of halogens is 1. The van der Waals surface area contributed by atoms with Crippen molar-refractivity contribution in [3.8, 4) is 0 Å². The molecular formula is C12H13ClN2OS. The van der Waals surface area contributed by atoms with Crippen LogP contribution >= 0.6 is 22.9 Å². The third kappa shape index (κ3) is 2.12. The van der Waals surface area contributed by atoms with Gasteiger partial charge in [0.2, 0.25) is 0 Å². The molecule has 1 atom stereocenters. The summed E-state index contributed by atoms with van der Waals surface area (Å²) < 4.78 is 2.08. The molecule has 2 aromatic rings. The van der Waals surface area contributed by atoms with Gasteiger partial charge in [-0.05, 0) is 24.3 Å². The largest absolute Gasteiger partial charge is 0.391 e. The molecule has 0 aliphatic carbocycles. The van der Waals surface area contributed by atoms with Gasteiger partial charge in [0.15, 0.2) is 5.15 Å². The Morgan fingerprint density at radius 2 is 2.47 bits per heavy atom. The molecule has 2 aromatic heterocycles. The van der Waals surface area contributed by atoms with Crippen LogP contribution in [0.4, 0.5) is 0 Å². The molecule has 1 N–H and O–H groups in total. The minimum Gasteiger partial charge on any atom is -0.391 e. The van der Waals surface area contributed by atoms with Crippen molar-refractivity contribution >= 4 is 22.9 Å². The predicted octanol–water partition coefficient (Wildman–Crippen LogP) is 2.50. The highest BCUT2D eigenvalue weighted by molar-refractivity contribution is 7.09. The summed E-state index contributed by atoms with van der Waals surface area (Å²) in [5.41, 5.74) is 1.07. The van der Waals surface area contributed by atoms with Gasteiger partial charge in [-0.3, -0.25) is 0 Å². The van der Waals surface area contributed by atoms with Gasteiger partial charge < -0.3 is 9.67 Å². The lowest BCUT2D eigenvalue weighted by Crippen LogP contribution is -2.25. The number of hydrogen-bond acceptors (Lipinski definition) is 3. The van der Waals surface area contributed by atoms with Crippen LogP contribution in [0.1, 0.15) is 22.8 Å². The molecule has 3 rings (SSSR count). The molecule has 1 aliphatic rings. The van der Waals surface area contributed by atoms with Crippen molar-refractivity contribution in [1.82, 2.24) is 9.55 Å². The first-order valence-corrected chi connectivity index (χ1v) is 6.94. The van der Waals surface area contributed by atoms with Gasteiger partial charge >= 0.3 is 0 Å². The lowest BCUT2D eigenvalue weighted by Gasteiger charge is -2.21. The maximum atomic E-state index is 9.73. The van der Waals surface area contributed by atoms with E-state index in [1.165, 1.54) is 4.88 Å². The summed E-state index contributed by atoms with van der Waals surface area (Å²) in [5, 5.41) is 12.4. The van der Waals surface area contributed by atoms with Crippen LogP contribution in [0.2, 0.25) is 5.15 Å². The van der Waals surface area contributed by atoms with Crippen molar-refractivity contribution < 1.29 is 5.11 Å². The fraction of sp³-hybridized carbons (Fsp3) is 0.417. The zero-order valence-corrected chi connectivity index (χ0v) is 10.8. The Morgan fingerprint density at radius 3 is 3.24 bits per heavy atom. The zero-order valence-electron chi connectivity index (χ0n) is 9.27. The summed E-state index contributed by atoms with van der Waals surface area (Å²) in [6.07, 6.45) is 2.13. The molecule has 5 heteroatoms. The van der Waals surface area contributed by atoms with Gasteiger partial charge in [0.1, 0.15) is 5.82 Å². The molecule has 0 fully saturated rings. The first kappa shape index (κ1) is 11.3. The minimum atomic E-state index is -0.269. The molecule has 0 radical (unpaired) electrons. The Balaban J connectivity index is 1.95. The topological polar surface area (TPSA) is 38.1 Å². The second kappa shape index (κ2) is 4.44. The van der Waals surface area contributed by atoms with Crippen LogP contribution in [0.3, 0.4) is 0 Å².